The normalized spacial score (nSPS) is 17.7. The van der Waals surface area contributed by atoms with Crippen LogP contribution in [0.5, 0.6) is 0 Å². The number of unbranched alkanes of at least 4 members (excludes halogenated alkanes) is 2. The fourth-order valence-electron chi connectivity index (χ4n) is 11.2. The summed E-state index contributed by atoms with van der Waals surface area (Å²) in [6, 6.07) is -11.1. The average molecular weight is 1230 g/mol. The SMILES string of the molecule is CC[C@H](C)[C@H](NC(=O)[C@H](CCCN=C(N)N)NC(=O)[C@H](CCCCN)NC(=O)[C@H](CC(C)C)NC(=O)[C@H](CC1CCCCC1)NC(=O)CN)C(=O)N[C@@H](CCCCN)C(=O)N[C@H](C(=O)N[C@@H](CC1CCCCC1)C(=O)N[C@@H](CC(C)C)C(N)=O)[C@@H](C)O. The molecule has 22 N–H and O–H groups in total. The molecule has 2 saturated carbocycles. The predicted octanol–water partition coefficient (Wildman–Crippen LogP) is -0.435. The molecule has 2 aliphatic rings. The van der Waals surface area contributed by atoms with Crippen molar-refractivity contribution in [3.63, 3.8) is 0 Å². The number of nitrogens with two attached hydrogens (primary N) is 6. The van der Waals surface area contributed by atoms with Crippen molar-refractivity contribution >= 4 is 65.0 Å². The molecular formula is C60H112N16O11. The monoisotopic (exact) mass is 1230 g/mol. The number of hydrogen-bond donors (Lipinski definition) is 16. The van der Waals surface area contributed by atoms with Crippen LogP contribution >= 0.6 is 0 Å². The quantitative estimate of drug-likeness (QED) is 0.0209. The molecule has 0 aromatic rings. The number of amides is 10. The van der Waals surface area contributed by atoms with Crippen molar-refractivity contribution in [2.75, 3.05) is 26.2 Å². The minimum absolute atomic E-state index is 0.00306. The fraction of sp³-hybridized carbons (Fsp3) is 0.817. The number of nitrogens with one attached hydrogen (secondary N) is 9. The number of aliphatic hydroxyl groups is 1. The number of guanidine groups is 1. The number of carbonyl (C=O) groups is 10. The minimum Gasteiger partial charge on any atom is -0.391 e. The molecule has 0 heterocycles. The van der Waals surface area contributed by atoms with Gasteiger partial charge in [0.25, 0.3) is 0 Å². The summed E-state index contributed by atoms with van der Waals surface area (Å²) in [7, 11) is 0. The lowest BCUT2D eigenvalue weighted by molar-refractivity contribution is -0.137. The molecule has 27 heteroatoms. The zero-order valence-electron chi connectivity index (χ0n) is 53.2. The molecule has 0 saturated heterocycles. The highest BCUT2D eigenvalue weighted by Gasteiger charge is 2.38. The first-order valence-electron chi connectivity index (χ1n) is 32.1. The summed E-state index contributed by atoms with van der Waals surface area (Å²) in [6.07, 6.45) is 11.2. The Morgan fingerprint density at radius 3 is 1.24 bits per heavy atom. The van der Waals surface area contributed by atoms with Crippen molar-refractivity contribution in [2.24, 2.45) is 69.0 Å². The third-order valence-electron chi connectivity index (χ3n) is 16.4. The van der Waals surface area contributed by atoms with Crippen molar-refractivity contribution in [1.29, 1.82) is 0 Å². The van der Waals surface area contributed by atoms with Crippen LogP contribution in [-0.2, 0) is 47.9 Å². The molecule has 0 aliphatic heterocycles. The third kappa shape index (κ3) is 30.0. The second-order valence-corrected chi connectivity index (χ2v) is 24.9. The molecule has 87 heavy (non-hydrogen) atoms. The summed E-state index contributed by atoms with van der Waals surface area (Å²) < 4.78 is 0. The molecule has 2 aliphatic carbocycles. The van der Waals surface area contributed by atoms with Gasteiger partial charge in [-0.3, -0.25) is 52.9 Å². The predicted molar refractivity (Wildman–Crippen MR) is 334 cm³/mol. The third-order valence-corrected chi connectivity index (χ3v) is 16.4. The van der Waals surface area contributed by atoms with Gasteiger partial charge in [-0.15, -0.1) is 0 Å². The highest BCUT2D eigenvalue weighted by atomic mass is 16.3. The van der Waals surface area contributed by atoms with Crippen LogP contribution in [0.2, 0.25) is 0 Å². The summed E-state index contributed by atoms with van der Waals surface area (Å²) in [6.45, 7) is 12.5. The van der Waals surface area contributed by atoms with E-state index in [-0.39, 0.29) is 101 Å². The molecule has 498 valence electrons. The molecule has 0 spiro atoms. The molecule has 0 bridgehead atoms. The van der Waals surface area contributed by atoms with E-state index < -0.39 is 125 Å². The van der Waals surface area contributed by atoms with E-state index in [1.165, 1.54) is 6.92 Å². The number of nitrogens with zero attached hydrogens (tertiary/aromatic N) is 1. The number of hydrogen-bond acceptors (Lipinski definition) is 15. The van der Waals surface area contributed by atoms with Gasteiger partial charge in [0.15, 0.2) is 5.96 Å². The lowest BCUT2D eigenvalue weighted by atomic mass is 9.84. The minimum atomic E-state index is -1.62. The van der Waals surface area contributed by atoms with Gasteiger partial charge in [0, 0.05) is 6.54 Å². The summed E-state index contributed by atoms with van der Waals surface area (Å²) in [4.78, 5) is 143. The van der Waals surface area contributed by atoms with Gasteiger partial charge in [-0.1, -0.05) is 112 Å². The van der Waals surface area contributed by atoms with E-state index in [2.05, 4.69) is 52.8 Å². The smallest absolute Gasteiger partial charge is 0.245 e. The average Bonchev–Trinajstić information content (AvgIpc) is 2.85. The molecular weight excluding hydrogens is 1120 g/mol. The standard InChI is InChI=1S/C60H112N16O11/c1-8-37(6)49(58(86)71-42(25-16-18-28-62)54(82)76-50(38(7)77)59(87)74-47(33-40-22-13-10-14-23-40)57(85)72-44(51(64)79)30-35(2)3)75-53(81)43(26-19-29-67-60(65)66)69-52(80)41(24-15-17-27-61)70-55(83)45(31-36(4)5)73-56(84)46(68-48(78)34-63)32-39-20-11-9-12-21-39/h35-47,49-50,77H,8-34,61-63H2,1-7H3,(H2,64,79)(H,68,78)(H,69,80)(H,70,83)(H,71,86)(H,72,85)(H,73,84)(H,74,87)(H,75,81)(H,76,82)(H4,65,66,67)/t37-,38+,41-,42-,43-,44-,45-,46-,47-,49-,50-/m0/s1. The van der Waals surface area contributed by atoms with Crippen LogP contribution in [0.25, 0.3) is 0 Å². The Morgan fingerprint density at radius 2 is 0.816 bits per heavy atom. The van der Waals surface area contributed by atoms with E-state index in [0.717, 1.165) is 64.2 Å². The number of aliphatic hydroxyl groups excluding tert-OH is 1. The van der Waals surface area contributed by atoms with Crippen LogP contribution in [0.1, 0.15) is 196 Å². The van der Waals surface area contributed by atoms with Gasteiger partial charge >= 0.3 is 0 Å². The zero-order chi connectivity index (χ0) is 65.2. The van der Waals surface area contributed by atoms with E-state index in [1.54, 1.807) is 13.8 Å². The maximum atomic E-state index is 14.6. The molecule has 0 aromatic carbocycles. The molecule has 11 atom stereocenters. The Kier molecular flexibility index (Phi) is 37.0. The second-order valence-electron chi connectivity index (χ2n) is 24.9. The molecule has 10 amide bonds. The Morgan fingerprint density at radius 1 is 0.448 bits per heavy atom. The fourth-order valence-corrected chi connectivity index (χ4v) is 11.2. The van der Waals surface area contributed by atoms with Crippen LogP contribution < -0.4 is 82.3 Å². The molecule has 2 fully saturated rings. The molecule has 0 radical (unpaired) electrons. The maximum absolute atomic E-state index is 14.6. The number of primary amides is 1. The Balaban J connectivity index is 2.49. The van der Waals surface area contributed by atoms with Gasteiger partial charge in [0.05, 0.1) is 12.6 Å². The first-order valence-corrected chi connectivity index (χ1v) is 32.1. The van der Waals surface area contributed by atoms with Crippen LogP contribution in [0, 0.1) is 29.6 Å². The van der Waals surface area contributed by atoms with Crippen LogP contribution in [0.4, 0.5) is 0 Å². The number of rotatable bonds is 42. The highest BCUT2D eigenvalue weighted by molar-refractivity contribution is 5.98. The summed E-state index contributed by atoms with van der Waals surface area (Å²) >= 11 is 0. The second kappa shape index (κ2) is 41.9. The number of carbonyl (C=O) groups excluding carboxylic acids is 10. The Bertz CT molecular complexity index is 2190. The topological polar surface area (TPSA) is 468 Å². The molecule has 0 aromatic heterocycles. The van der Waals surface area contributed by atoms with Crippen LogP contribution in [-0.4, -0.2) is 157 Å². The summed E-state index contributed by atoms with van der Waals surface area (Å²) in [5, 5.41) is 35.8. The Labute approximate surface area is 516 Å². The highest BCUT2D eigenvalue weighted by Crippen LogP contribution is 2.29. The van der Waals surface area contributed by atoms with E-state index in [4.69, 9.17) is 34.4 Å². The summed E-state index contributed by atoms with van der Waals surface area (Å²) in [5.74, 6) is -7.78. The lowest BCUT2D eigenvalue weighted by Crippen LogP contribution is -2.62. The van der Waals surface area contributed by atoms with Gasteiger partial charge in [-0.2, -0.15) is 0 Å². The van der Waals surface area contributed by atoms with Crippen LogP contribution in [0.3, 0.4) is 0 Å². The first-order chi connectivity index (χ1) is 41.2. The lowest BCUT2D eigenvalue weighted by Gasteiger charge is -2.31. The molecule has 0 unspecified atom stereocenters. The zero-order valence-corrected chi connectivity index (χ0v) is 53.2. The van der Waals surface area contributed by atoms with Crippen molar-refractivity contribution in [2.45, 2.75) is 257 Å². The maximum Gasteiger partial charge on any atom is 0.245 e. The van der Waals surface area contributed by atoms with Gasteiger partial charge in [0.2, 0.25) is 59.1 Å². The van der Waals surface area contributed by atoms with Crippen molar-refractivity contribution in [1.82, 2.24) is 47.9 Å². The van der Waals surface area contributed by atoms with Gasteiger partial charge in [-0.05, 0) is 127 Å². The van der Waals surface area contributed by atoms with Crippen molar-refractivity contribution in [3.8, 4) is 0 Å². The van der Waals surface area contributed by atoms with Crippen molar-refractivity contribution < 1.29 is 53.1 Å². The number of aliphatic imine (C=N–C) groups is 1. The van der Waals surface area contributed by atoms with E-state index in [1.807, 2.05) is 27.7 Å². The molecule has 2 rings (SSSR count). The van der Waals surface area contributed by atoms with E-state index in [0.29, 0.717) is 38.5 Å². The molecule has 27 nitrogen and oxygen atoms in total. The van der Waals surface area contributed by atoms with Gasteiger partial charge < -0.3 is 87.4 Å². The summed E-state index contributed by atoms with van der Waals surface area (Å²) in [5.41, 5.74) is 34.2. The van der Waals surface area contributed by atoms with Crippen LogP contribution in [0.15, 0.2) is 4.99 Å². The van der Waals surface area contributed by atoms with Gasteiger partial charge in [-0.25, -0.2) is 0 Å². The Hall–Kier alpha value is -6.19. The van der Waals surface area contributed by atoms with E-state index in [9.17, 15) is 53.1 Å². The largest absolute Gasteiger partial charge is 0.391 e. The van der Waals surface area contributed by atoms with Gasteiger partial charge in [0.1, 0.15) is 54.4 Å². The van der Waals surface area contributed by atoms with Crippen molar-refractivity contribution in [3.05, 3.63) is 0 Å². The first kappa shape index (κ1) is 76.9. The van der Waals surface area contributed by atoms with E-state index >= 15 is 0 Å².